The van der Waals surface area contributed by atoms with Crippen molar-refractivity contribution in [2.45, 2.75) is 232 Å². The van der Waals surface area contributed by atoms with Gasteiger partial charge in [0, 0.05) is 11.5 Å². The van der Waals surface area contributed by atoms with Crippen LogP contribution in [0.2, 0.25) is 18.1 Å². The highest BCUT2D eigenvalue weighted by molar-refractivity contribution is 6.74. The molecule has 0 saturated heterocycles. The average Bonchev–Trinajstić information content (AvgIpc) is 3.30. The van der Waals surface area contributed by atoms with E-state index in [2.05, 4.69) is 60.7 Å². The molecule has 0 unspecified atom stereocenters. The number of unbranched alkanes of at least 4 members (excludes halogenated alkanes) is 15. The Labute approximate surface area is 322 Å². The van der Waals surface area contributed by atoms with Gasteiger partial charge in [0.25, 0.3) is 0 Å². The van der Waals surface area contributed by atoms with Gasteiger partial charge in [0.05, 0.1) is 18.6 Å². The van der Waals surface area contributed by atoms with Gasteiger partial charge in [-0.25, -0.2) is 0 Å². The van der Waals surface area contributed by atoms with Crippen molar-refractivity contribution < 1.29 is 24.2 Å². The van der Waals surface area contributed by atoms with Crippen LogP contribution in [-0.2, 0) is 14.0 Å². The van der Waals surface area contributed by atoms with Crippen LogP contribution >= 0.6 is 0 Å². The summed E-state index contributed by atoms with van der Waals surface area (Å²) in [6.07, 6.45) is 29.7. The minimum atomic E-state index is -1.83. The molecule has 5 nitrogen and oxygen atoms in total. The molecular formula is C46H84O5Si. The fourth-order valence-electron chi connectivity index (χ4n) is 11.3. The van der Waals surface area contributed by atoms with Crippen molar-refractivity contribution in [1.29, 1.82) is 0 Å². The molecule has 302 valence electrons. The minimum absolute atomic E-state index is 0.153. The van der Waals surface area contributed by atoms with Gasteiger partial charge < -0.3 is 19.4 Å². The van der Waals surface area contributed by atoms with Crippen molar-refractivity contribution in [3.63, 3.8) is 0 Å². The number of fused-ring (bicyclic) bond motifs is 5. The van der Waals surface area contributed by atoms with Gasteiger partial charge >= 0.3 is 5.97 Å². The maximum Gasteiger partial charge on any atom is 0.311 e. The number of hydrogen-bond donors (Lipinski definition) is 2. The zero-order valence-corrected chi connectivity index (χ0v) is 36.6. The Hall–Kier alpha value is -0.693. The summed E-state index contributed by atoms with van der Waals surface area (Å²) in [6.45, 7) is 20.9. The first-order valence-corrected chi connectivity index (χ1v) is 25.4. The first kappa shape index (κ1) is 44.0. The molecule has 0 aromatic rings. The molecule has 52 heavy (non-hydrogen) atoms. The molecule has 0 aromatic heterocycles. The van der Waals surface area contributed by atoms with E-state index in [1.54, 1.807) is 5.57 Å². The molecule has 0 heterocycles. The van der Waals surface area contributed by atoms with Gasteiger partial charge in [-0.1, -0.05) is 150 Å². The zero-order valence-electron chi connectivity index (χ0n) is 35.6. The normalized spacial score (nSPS) is 33.9. The summed E-state index contributed by atoms with van der Waals surface area (Å²) >= 11 is 0. The van der Waals surface area contributed by atoms with Gasteiger partial charge in [0.1, 0.15) is 5.60 Å². The Morgan fingerprint density at radius 1 is 0.865 bits per heavy atom. The van der Waals surface area contributed by atoms with Crippen molar-refractivity contribution in [2.24, 2.45) is 34.5 Å². The third kappa shape index (κ3) is 9.81. The number of carbonyl (C=O) groups excluding carboxylic acids is 1. The molecular weight excluding hydrogens is 661 g/mol. The van der Waals surface area contributed by atoms with Crippen molar-refractivity contribution in [3.05, 3.63) is 11.6 Å². The van der Waals surface area contributed by atoms with E-state index in [9.17, 15) is 15.0 Å². The van der Waals surface area contributed by atoms with E-state index in [-0.39, 0.29) is 22.3 Å². The Morgan fingerprint density at radius 3 is 1.94 bits per heavy atom. The smallest absolute Gasteiger partial charge is 0.311 e. The van der Waals surface area contributed by atoms with Crippen LogP contribution in [0.15, 0.2) is 11.6 Å². The maximum absolute atomic E-state index is 13.5. The summed E-state index contributed by atoms with van der Waals surface area (Å²) in [5.41, 5.74) is -0.230. The minimum Gasteiger partial charge on any atom is -0.465 e. The lowest BCUT2D eigenvalue weighted by molar-refractivity contribution is -0.197. The fourth-order valence-corrected chi connectivity index (χ4v) is 12.7. The van der Waals surface area contributed by atoms with E-state index in [4.69, 9.17) is 9.16 Å². The lowest BCUT2D eigenvalue weighted by Gasteiger charge is -2.59. The average molecular weight is 745 g/mol. The summed E-state index contributed by atoms with van der Waals surface area (Å²) in [5.74, 6) is 0.0683. The van der Waals surface area contributed by atoms with Crippen LogP contribution in [0.5, 0.6) is 0 Å². The Balaban J connectivity index is 1.19. The molecule has 9 atom stereocenters. The van der Waals surface area contributed by atoms with E-state index in [0.717, 1.165) is 51.4 Å². The quantitative estimate of drug-likeness (QED) is 0.0530. The van der Waals surface area contributed by atoms with Crippen molar-refractivity contribution >= 4 is 14.3 Å². The molecule has 2 N–H and O–H groups in total. The van der Waals surface area contributed by atoms with E-state index in [1.807, 2.05) is 6.92 Å². The maximum atomic E-state index is 13.5. The summed E-state index contributed by atoms with van der Waals surface area (Å²) in [4.78, 5) is 13.5. The number of carbonyl (C=O) groups is 1. The second-order valence-corrected chi connectivity index (χ2v) is 25.0. The van der Waals surface area contributed by atoms with Gasteiger partial charge in [-0.05, 0) is 99.6 Å². The molecule has 3 saturated carbocycles. The van der Waals surface area contributed by atoms with Crippen LogP contribution in [0, 0.1) is 34.5 Å². The van der Waals surface area contributed by atoms with Gasteiger partial charge in [0.2, 0.25) is 0 Å². The van der Waals surface area contributed by atoms with E-state index in [0.29, 0.717) is 31.0 Å². The first-order valence-electron chi connectivity index (χ1n) is 22.5. The van der Waals surface area contributed by atoms with Gasteiger partial charge in [-0.3, -0.25) is 4.79 Å². The molecule has 6 heteroatoms. The number of esters is 1. The van der Waals surface area contributed by atoms with Gasteiger partial charge in [-0.15, -0.1) is 0 Å². The molecule has 0 amide bonds. The SMILES string of the molecule is CCCCCCCCCCCCCCCCCCOC(=O)[C@@H](C)[C@@]1(O)[C@H](O)C[C@H]2[C@@H]3CC=C4C[C@@H](O[Si](C)(C)C(C)(C)C)CC[C@]4(C)[C@H]3CC[C@@]21C. The molecule has 4 aliphatic carbocycles. The topological polar surface area (TPSA) is 76.0 Å². The van der Waals surface area contributed by atoms with Crippen LogP contribution in [0.4, 0.5) is 0 Å². The van der Waals surface area contributed by atoms with E-state index < -0.39 is 31.4 Å². The predicted molar refractivity (Wildman–Crippen MR) is 220 cm³/mol. The number of rotatable bonds is 21. The van der Waals surface area contributed by atoms with Crippen LogP contribution in [0.3, 0.4) is 0 Å². The molecule has 4 aliphatic rings. The Morgan fingerprint density at radius 2 is 1.40 bits per heavy atom. The predicted octanol–water partition coefficient (Wildman–Crippen LogP) is 12.5. The lowest BCUT2D eigenvalue weighted by atomic mass is 9.46. The second kappa shape index (κ2) is 19.0. The fraction of sp³-hybridized carbons (Fsp3) is 0.935. The number of aliphatic hydroxyl groups excluding tert-OH is 1. The van der Waals surface area contributed by atoms with Crippen LogP contribution in [0.25, 0.3) is 0 Å². The van der Waals surface area contributed by atoms with Crippen molar-refractivity contribution in [1.82, 2.24) is 0 Å². The monoisotopic (exact) mass is 745 g/mol. The first-order chi connectivity index (χ1) is 24.5. The highest BCUT2D eigenvalue weighted by atomic mass is 28.4. The standard InChI is InChI=1S/C46H84O5Si/c1-10-11-12-13-14-15-16-17-18-19-20-21-22-23-24-25-32-50-42(48)35(2)46(49)41(47)34-40-38-27-26-36-33-37(51-52(8,9)43(3,4)5)28-30-44(36,6)39(38)29-31-45(40,46)7/h26,35,37-41,47,49H,10-25,27-34H2,1-9H3/t35-,37+,38-,39+,40+,41-,44+,45+,46-/m1/s1. The number of hydrogen-bond acceptors (Lipinski definition) is 5. The number of aliphatic hydroxyl groups is 2. The second-order valence-electron chi connectivity index (χ2n) is 20.2. The third-order valence-electron chi connectivity index (χ3n) is 15.9. The Bertz CT molecular complexity index is 1140. The summed E-state index contributed by atoms with van der Waals surface area (Å²) < 4.78 is 12.7. The van der Waals surface area contributed by atoms with E-state index in [1.165, 1.54) is 89.9 Å². The number of allylic oxidation sites excluding steroid dienone is 1. The van der Waals surface area contributed by atoms with E-state index >= 15 is 0 Å². The summed E-state index contributed by atoms with van der Waals surface area (Å²) in [5, 5.41) is 24.2. The number of ether oxygens (including phenoxy) is 1. The van der Waals surface area contributed by atoms with Crippen LogP contribution in [0.1, 0.15) is 196 Å². The molecule has 0 bridgehead atoms. The largest absolute Gasteiger partial charge is 0.465 e. The lowest BCUT2D eigenvalue weighted by Crippen LogP contribution is -2.61. The van der Waals surface area contributed by atoms with Crippen LogP contribution in [-0.4, -0.2) is 48.9 Å². The zero-order chi connectivity index (χ0) is 38.2. The summed E-state index contributed by atoms with van der Waals surface area (Å²) in [7, 11) is -1.83. The molecule has 4 rings (SSSR count). The summed E-state index contributed by atoms with van der Waals surface area (Å²) in [6, 6.07) is 0. The van der Waals surface area contributed by atoms with Crippen molar-refractivity contribution in [3.8, 4) is 0 Å². The van der Waals surface area contributed by atoms with Crippen LogP contribution < -0.4 is 0 Å². The van der Waals surface area contributed by atoms with Crippen molar-refractivity contribution in [2.75, 3.05) is 6.61 Å². The molecule has 0 spiro atoms. The highest BCUT2D eigenvalue weighted by Gasteiger charge is 2.69. The highest BCUT2D eigenvalue weighted by Crippen LogP contribution is 2.68. The Kier molecular flexibility index (Phi) is 16.1. The van der Waals surface area contributed by atoms with Gasteiger partial charge in [0.15, 0.2) is 8.32 Å². The molecule has 0 radical (unpaired) electrons. The molecule has 0 aromatic carbocycles. The third-order valence-corrected chi connectivity index (χ3v) is 20.4. The molecule has 3 fully saturated rings. The van der Waals surface area contributed by atoms with Gasteiger partial charge in [-0.2, -0.15) is 0 Å². The molecule has 0 aliphatic heterocycles.